The Morgan fingerprint density at radius 2 is 1.89 bits per heavy atom. The zero-order valence-electron chi connectivity index (χ0n) is 14.9. The molecule has 0 saturated carbocycles. The summed E-state index contributed by atoms with van der Waals surface area (Å²) in [6, 6.07) is 7.88. The molecule has 1 aromatic carbocycles. The van der Waals surface area contributed by atoms with E-state index in [1.807, 2.05) is 0 Å². The van der Waals surface area contributed by atoms with Gasteiger partial charge in [-0.3, -0.25) is 19.8 Å². The number of amides is 2. The van der Waals surface area contributed by atoms with E-state index in [2.05, 4.69) is 4.98 Å². The van der Waals surface area contributed by atoms with Crippen LogP contribution in [0.4, 0.5) is 0 Å². The van der Waals surface area contributed by atoms with Crippen LogP contribution < -0.4 is 16.0 Å². The van der Waals surface area contributed by atoms with Gasteiger partial charge in [0, 0.05) is 25.5 Å². The summed E-state index contributed by atoms with van der Waals surface area (Å²) >= 11 is 0. The SMILES string of the molecule is NC(=O)c1cccc(S(=O)N2CCC(Oc3ccncc3)CC2)c1C(=O)NO. The number of ether oxygens (including phenoxy) is 1. The first-order valence-corrected chi connectivity index (χ1v) is 9.72. The molecule has 1 saturated heterocycles. The molecule has 3 rings (SSSR count). The molecule has 1 unspecified atom stereocenters. The van der Waals surface area contributed by atoms with Gasteiger partial charge in [0.05, 0.1) is 16.0 Å². The molecule has 0 radical (unpaired) electrons. The van der Waals surface area contributed by atoms with Gasteiger partial charge in [0.2, 0.25) is 5.91 Å². The standard InChI is InChI=1S/C18H20N4O5S/c19-17(23)14-2-1-3-15(16(14)18(24)21-25)28(26)22-10-6-13(7-11-22)27-12-4-8-20-9-5-12/h1-5,8-9,13,25H,6-7,10-11H2,(H2,19,23)(H,21,24). The summed E-state index contributed by atoms with van der Waals surface area (Å²) in [5.74, 6) is -1.05. The first kappa shape index (κ1) is 19.9. The molecule has 28 heavy (non-hydrogen) atoms. The van der Waals surface area contributed by atoms with E-state index in [1.54, 1.807) is 28.8 Å². The average molecular weight is 404 g/mol. The van der Waals surface area contributed by atoms with Gasteiger partial charge in [0.15, 0.2) is 0 Å². The summed E-state index contributed by atoms with van der Waals surface area (Å²) < 4.78 is 20.6. The lowest BCUT2D eigenvalue weighted by Crippen LogP contribution is -2.40. The number of primary amides is 1. The van der Waals surface area contributed by atoms with Crippen LogP contribution in [0.2, 0.25) is 0 Å². The second kappa shape index (κ2) is 8.91. The normalized spacial score (nSPS) is 16.3. The Balaban J connectivity index is 1.74. The highest BCUT2D eigenvalue weighted by atomic mass is 32.2. The largest absolute Gasteiger partial charge is 0.490 e. The summed E-state index contributed by atoms with van der Waals surface area (Å²) in [5, 5.41) is 9.00. The van der Waals surface area contributed by atoms with Crippen LogP contribution in [0.25, 0.3) is 0 Å². The lowest BCUT2D eigenvalue weighted by Gasteiger charge is -2.31. The van der Waals surface area contributed by atoms with E-state index in [0.717, 1.165) is 5.75 Å². The number of benzene rings is 1. The maximum atomic E-state index is 13.1. The molecule has 10 heteroatoms. The molecule has 1 atom stereocenters. The minimum atomic E-state index is -1.70. The van der Waals surface area contributed by atoms with Crippen molar-refractivity contribution in [2.45, 2.75) is 23.8 Å². The Hall–Kier alpha value is -2.82. The number of hydrogen-bond donors (Lipinski definition) is 3. The second-order valence-electron chi connectivity index (χ2n) is 6.16. The number of piperidine rings is 1. The van der Waals surface area contributed by atoms with Crippen molar-refractivity contribution in [3.8, 4) is 5.75 Å². The maximum Gasteiger partial charge on any atom is 0.276 e. The van der Waals surface area contributed by atoms with Gasteiger partial charge in [-0.05, 0) is 37.1 Å². The highest BCUT2D eigenvalue weighted by Gasteiger charge is 2.29. The second-order valence-corrected chi connectivity index (χ2v) is 7.62. The Morgan fingerprint density at radius 3 is 2.50 bits per heavy atom. The first-order valence-electron chi connectivity index (χ1n) is 8.62. The van der Waals surface area contributed by atoms with Crippen LogP contribution >= 0.6 is 0 Å². The number of rotatable bonds is 6. The fourth-order valence-electron chi connectivity index (χ4n) is 3.04. The lowest BCUT2D eigenvalue weighted by atomic mass is 10.1. The number of nitrogens with two attached hydrogens (primary N) is 1. The van der Waals surface area contributed by atoms with Crippen LogP contribution in [0.5, 0.6) is 5.75 Å². The molecule has 1 aromatic heterocycles. The molecular formula is C18H20N4O5S. The number of aromatic nitrogens is 1. The molecule has 9 nitrogen and oxygen atoms in total. The first-order chi connectivity index (χ1) is 13.5. The van der Waals surface area contributed by atoms with Crippen molar-refractivity contribution in [3.63, 3.8) is 0 Å². The molecule has 148 valence electrons. The zero-order valence-corrected chi connectivity index (χ0v) is 15.7. The summed E-state index contributed by atoms with van der Waals surface area (Å²) in [7, 11) is -1.70. The van der Waals surface area contributed by atoms with E-state index >= 15 is 0 Å². The van der Waals surface area contributed by atoms with Gasteiger partial charge in [0.25, 0.3) is 5.91 Å². The van der Waals surface area contributed by atoms with Crippen molar-refractivity contribution < 1.29 is 23.7 Å². The van der Waals surface area contributed by atoms with Crippen molar-refractivity contribution in [1.29, 1.82) is 0 Å². The number of carbonyl (C=O) groups is 2. The zero-order chi connectivity index (χ0) is 20.1. The summed E-state index contributed by atoms with van der Waals surface area (Å²) in [4.78, 5) is 27.8. The Morgan fingerprint density at radius 1 is 1.21 bits per heavy atom. The van der Waals surface area contributed by atoms with E-state index < -0.39 is 22.8 Å². The molecule has 2 aromatic rings. The summed E-state index contributed by atoms with van der Waals surface area (Å²) in [6.07, 6.45) is 4.57. The van der Waals surface area contributed by atoms with E-state index in [4.69, 9.17) is 15.7 Å². The average Bonchev–Trinajstić information content (AvgIpc) is 2.73. The van der Waals surface area contributed by atoms with Crippen molar-refractivity contribution in [3.05, 3.63) is 53.9 Å². The fraction of sp³-hybridized carbons (Fsp3) is 0.278. The number of hydroxylamine groups is 1. The maximum absolute atomic E-state index is 13.1. The van der Waals surface area contributed by atoms with Gasteiger partial charge in [-0.1, -0.05) is 6.07 Å². The topological polar surface area (TPSA) is 135 Å². The minimum absolute atomic E-state index is 0.0205. The predicted molar refractivity (Wildman–Crippen MR) is 100 cm³/mol. The number of carbonyl (C=O) groups excluding carboxylic acids is 2. The van der Waals surface area contributed by atoms with Crippen LogP contribution in [0, 0.1) is 0 Å². The quantitative estimate of drug-likeness (QED) is 0.483. The van der Waals surface area contributed by atoms with E-state index in [9.17, 15) is 13.8 Å². The third-order valence-electron chi connectivity index (χ3n) is 4.40. The van der Waals surface area contributed by atoms with E-state index in [0.29, 0.717) is 25.9 Å². The van der Waals surface area contributed by atoms with Crippen molar-refractivity contribution in [1.82, 2.24) is 14.8 Å². The predicted octanol–water partition coefficient (Wildman–Crippen LogP) is 0.865. The van der Waals surface area contributed by atoms with E-state index in [1.165, 1.54) is 23.7 Å². The number of nitrogens with zero attached hydrogens (tertiary/aromatic N) is 2. The number of hydrogen-bond acceptors (Lipinski definition) is 6. The third-order valence-corrected chi connectivity index (χ3v) is 5.95. The van der Waals surface area contributed by atoms with Crippen LogP contribution in [-0.2, 0) is 11.0 Å². The Labute approximate surface area is 164 Å². The van der Waals surface area contributed by atoms with Crippen molar-refractivity contribution in [2.75, 3.05) is 13.1 Å². The molecule has 1 fully saturated rings. The van der Waals surface area contributed by atoms with Crippen LogP contribution in [-0.4, -0.2) is 49.7 Å². The lowest BCUT2D eigenvalue weighted by molar-refractivity contribution is 0.0698. The highest BCUT2D eigenvalue weighted by molar-refractivity contribution is 7.82. The monoisotopic (exact) mass is 404 g/mol. The molecule has 0 aliphatic carbocycles. The Kier molecular flexibility index (Phi) is 6.34. The van der Waals surface area contributed by atoms with Gasteiger partial charge in [0.1, 0.15) is 22.8 Å². The molecule has 2 heterocycles. The molecule has 4 N–H and O–H groups in total. The third kappa shape index (κ3) is 4.35. The van der Waals surface area contributed by atoms with Crippen molar-refractivity contribution in [2.24, 2.45) is 5.73 Å². The number of pyridine rings is 1. The van der Waals surface area contributed by atoms with Gasteiger partial charge < -0.3 is 10.5 Å². The number of nitrogens with one attached hydrogen (secondary N) is 1. The molecule has 2 amide bonds. The summed E-state index contributed by atoms with van der Waals surface area (Å²) in [6.45, 7) is 0.951. The summed E-state index contributed by atoms with van der Waals surface area (Å²) in [5.41, 5.74) is 6.50. The van der Waals surface area contributed by atoms with Crippen molar-refractivity contribution >= 4 is 22.8 Å². The molecule has 0 bridgehead atoms. The highest BCUT2D eigenvalue weighted by Crippen LogP contribution is 2.25. The minimum Gasteiger partial charge on any atom is -0.490 e. The van der Waals surface area contributed by atoms with Gasteiger partial charge in [-0.15, -0.1) is 0 Å². The molecular weight excluding hydrogens is 384 g/mol. The Bertz CT molecular complexity index is 885. The van der Waals surface area contributed by atoms with Crippen LogP contribution in [0.1, 0.15) is 33.6 Å². The van der Waals surface area contributed by atoms with Gasteiger partial charge in [-0.25, -0.2) is 14.0 Å². The smallest absolute Gasteiger partial charge is 0.276 e. The van der Waals surface area contributed by atoms with Gasteiger partial charge >= 0.3 is 0 Å². The van der Waals surface area contributed by atoms with Crippen LogP contribution in [0.15, 0.2) is 47.6 Å². The van der Waals surface area contributed by atoms with Gasteiger partial charge in [-0.2, -0.15) is 0 Å². The van der Waals surface area contributed by atoms with Crippen LogP contribution in [0.3, 0.4) is 0 Å². The fourth-order valence-corrected chi connectivity index (χ4v) is 4.43. The molecule has 0 spiro atoms. The molecule has 1 aliphatic heterocycles. The molecule has 1 aliphatic rings. The van der Waals surface area contributed by atoms with E-state index in [-0.39, 0.29) is 22.1 Å².